The molecule has 0 aliphatic carbocycles. The number of methoxy groups -OCH3 is 1. The number of esters is 1. The molecule has 1 amide bonds. The van der Waals surface area contributed by atoms with Gasteiger partial charge in [-0.05, 0) is 31.3 Å². The number of pyridine rings is 1. The predicted molar refractivity (Wildman–Crippen MR) is 72.0 cm³/mol. The summed E-state index contributed by atoms with van der Waals surface area (Å²) < 4.78 is 9.19. The first-order chi connectivity index (χ1) is 9.06. The van der Waals surface area contributed by atoms with Gasteiger partial charge < -0.3 is 14.8 Å². The van der Waals surface area contributed by atoms with Gasteiger partial charge in [-0.2, -0.15) is 0 Å². The Hall–Kier alpha value is -2.22. The highest BCUT2D eigenvalue weighted by Crippen LogP contribution is 2.06. The molecule has 19 heavy (non-hydrogen) atoms. The molecule has 7 nitrogen and oxygen atoms in total. The van der Waals surface area contributed by atoms with Gasteiger partial charge in [0.15, 0.2) is 5.11 Å². The van der Waals surface area contributed by atoms with Crippen LogP contribution in [0.1, 0.15) is 17.3 Å². The van der Waals surface area contributed by atoms with Crippen molar-refractivity contribution in [3.8, 4) is 0 Å². The number of alkyl carbamates (subject to hydrolysis) is 1. The second-order valence-corrected chi connectivity index (χ2v) is 3.63. The molecule has 0 aliphatic heterocycles. The van der Waals surface area contributed by atoms with Crippen molar-refractivity contribution in [2.45, 2.75) is 6.92 Å². The van der Waals surface area contributed by atoms with Crippen molar-refractivity contribution in [1.82, 2.24) is 10.3 Å². The SMILES string of the molecule is CCOC(=O)NC(=S)Nc1ccc(C(=O)OC)cn1. The van der Waals surface area contributed by atoms with Crippen molar-refractivity contribution in [2.24, 2.45) is 0 Å². The summed E-state index contributed by atoms with van der Waals surface area (Å²) >= 11 is 4.88. The van der Waals surface area contributed by atoms with Crippen molar-refractivity contribution >= 4 is 35.2 Å². The van der Waals surface area contributed by atoms with Crippen molar-refractivity contribution in [3.63, 3.8) is 0 Å². The van der Waals surface area contributed by atoms with E-state index < -0.39 is 12.1 Å². The minimum atomic E-state index is -0.647. The molecule has 1 heterocycles. The number of carbonyl (C=O) groups excluding carboxylic acids is 2. The van der Waals surface area contributed by atoms with E-state index in [9.17, 15) is 9.59 Å². The highest BCUT2D eigenvalue weighted by molar-refractivity contribution is 7.80. The van der Waals surface area contributed by atoms with Gasteiger partial charge in [-0.15, -0.1) is 0 Å². The molecule has 0 saturated carbocycles. The van der Waals surface area contributed by atoms with E-state index >= 15 is 0 Å². The zero-order chi connectivity index (χ0) is 14.3. The van der Waals surface area contributed by atoms with Gasteiger partial charge in [0, 0.05) is 6.20 Å². The summed E-state index contributed by atoms with van der Waals surface area (Å²) in [6.07, 6.45) is 0.687. The van der Waals surface area contributed by atoms with E-state index in [0.717, 1.165) is 0 Å². The van der Waals surface area contributed by atoms with Crippen LogP contribution in [0.2, 0.25) is 0 Å². The standard InChI is InChI=1S/C11H13N3O4S/c1-3-18-11(16)14-10(19)13-8-5-4-7(6-12-8)9(15)17-2/h4-6H,3H2,1-2H3,(H2,12,13,14,16,19). The lowest BCUT2D eigenvalue weighted by atomic mass is 10.3. The number of nitrogens with one attached hydrogen (secondary N) is 2. The van der Waals surface area contributed by atoms with Crippen molar-refractivity contribution in [2.75, 3.05) is 19.0 Å². The molecule has 0 radical (unpaired) electrons. The lowest BCUT2D eigenvalue weighted by Gasteiger charge is -2.08. The maximum Gasteiger partial charge on any atom is 0.413 e. The number of hydrogen-bond donors (Lipinski definition) is 2. The summed E-state index contributed by atoms with van der Waals surface area (Å²) in [5.41, 5.74) is 0.317. The Balaban J connectivity index is 2.56. The molecule has 0 aliphatic rings. The van der Waals surface area contributed by atoms with Gasteiger partial charge in [-0.1, -0.05) is 0 Å². The second kappa shape index (κ2) is 7.27. The molecule has 0 bridgehead atoms. The molecule has 0 fully saturated rings. The number of anilines is 1. The third kappa shape index (κ3) is 4.88. The zero-order valence-corrected chi connectivity index (χ0v) is 11.2. The van der Waals surface area contributed by atoms with Crippen LogP contribution < -0.4 is 10.6 Å². The molecule has 0 aromatic carbocycles. The Bertz CT molecular complexity index is 475. The topological polar surface area (TPSA) is 89.6 Å². The van der Waals surface area contributed by atoms with Crippen LogP contribution in [0, 0.1) is 0 Å². The number of amides is 1. The van der Waals surface area contributed by atoms with Gasteiger partial charge in [-0.25, -0.2) is 14.6 Å². The van der Waals surface area contributed by atoms with Crippen LogP contribution in [0.15, 0.2) is 18.3 Å². The highest BCUT2D eigenvalue weighted by atomic mass is 32.1. The van der Waals surface area contributed by atoms with E-state index in [-0.39, 0.29) is 11.7 Å². The number of ether oxygens (including phenoxy) is 2. The molecule has 1 rings (SSSR count). The molecule has 1 aromatic rings. The Morgan fingerprint density at radius 3 is 2.68 bits per heavy atom. The summed E-state index contributed by atoms with van der Waals surface area (Å²) in [5, 5.41) is 5.03. The summed E-state index contributed by atoms with van der Waals surface area (Å²) in [7, 11) is 1.28. The molecule has 0 spiro atoms. The van der Waals surface area contributed by atoms with Crippen LogP contribution in [0.3, 0.4) is 0 Å². The molecule has 102 valence electrons. The number of nitrogens with zero attached hydrogens (tertiary/aromatic N) is 1. The maximum atomic E-state index is 11.2. The van der Waals surface area contributed by atoms with Crippen LogP contribution >= 0.6 is 12.2 Å². The molecule has 0 atom stereocenters. The zero-order valence-electron chi connectivity index (χ0n) is 10.4. The number of thiocarbonyl (C=S) groups is 1. The fraction of sp³-hybridized carbons (Fsp3) is 0.273. The van der Waals surface area contributed by atoms with Crippen molar-refractivity contribution < 1.29 is 19.1 Å². The van der Waals surface area contributed by atoms with E-state index in [1.165, 1.54) is 25.4 Å². The summed E-state index contributed by atoms with van der Waals surface area (Å²) in [5.74, 6) is -0.0965. The predicted octanol–water partition coefficient (Wildman–Crippen LogP) is 1.31. The molecule has 8 heteroatoms. The minimum Gasteiger partial charge on any atom is -0.465 e. The first-order valence-corrected chi connectivity index (χ1v) is 5.76. The van der Waals surface area contributed by atoms with Gasteiger partial charge in [0.05, 0.1) is 19.3 Å². The fourth-order valence-electron chi connectivity index (χ4n) is 1.11. The monoisotopic (exact) mass is 283 g/mol. The Labute approximate surface area is 115 Å². The van der Waals surface area contributed by atoms with Gasteiger partial charge in [0.2, 0.25) is 0 Å². The van der Waals surface area contributed by atoms with E-state index in [2.05, 4.69) is 25.1 Å². The first kappa shape index (κ1) is 14.8. The molecule has 1 aromatic heterocycles. The molecule has 0 unspecified atom stereocenters. The lowest BCUT2D eigenvalue weighted by molar-refractivity contribution is 0.0600. The number of carbonyl (C=O) groups is 2. The third-order valence-corrected chi connectivity index (χ3v) is 2.12. The van der Waals surface area contributed by atoms with E-state index in [1.807, 2.05) is 0 Å². The largest absolute Gasteiger partial charge is 0.465 e. The van der Waals surface area contributed by atoms with Crippen LogP contribution in [0.25, 0.3) is 0 Å². The van der Waals surface area contributed by atoms with Crippen LogP contribution in [-0.4, -0.2) is 35.9 Å². The van der Waals surface area contributed by atoms with Crippen LogP contribution in [-0.2, 0) is 9.47 Å². The average Bonchev–Trinajstić information content (AvgIpc) is 2.38. The smallest absolute Gasteiger partial charge is 0.413 e. The second-order valence-electron chi connectivity index (χ2n) is 3.22. The summed E-state index contributed by atoms with van der Waals surface area (Å²) in [4.78, 5) is 26.2. The van der Waals surface area contributed by atoms with Crippen molar-refractivity contribution in [1.29, 1.82) is 0 Å². The first-order valence-electron chi connectivity index (χ1n) is 5.36. The lowest BCUT2D eigenvalue weighted by Crippen LogP contribution is -2.34. The molecular weight excluding hydrogens is 270 g/mol. The molecule has 0 saturated heterocycles. The van der Waals surface area contributed by atoms with E-state index in [0.29, 0.717) is 11.4 Å². The van der Waals surface area contributed by atoms with Crippen LogP contribution in [0.5, 0.6) is 0 Å². The van der Waals surface area contributed by atoms with Gasteiger partial charge in [0.1, 0.15) is 5.82 Å². The number of hydrogen-bond acceptors (Lipinski definition) is 6. The van der Waals surface area contributed by atoms with Gasteiger partial charge >= 0.3 is 12.1 Å². The van der Waals surface area contributed by atoms with E-state index in [1.54, 1.807) is 6.92 Å². The molecule has 2 N–H and O–H groups in total. The third-order valence-electron chi connectivity index (χ3n) is 1.92. The Morgan fingerprint density at radius 2 is 2.16 bits per heavy atom. The molecular formula is C11H13N3O4S. The average molecular weight is 283 g/mol. The maximum absolute atomic E-state index is 11.2. The summed E-state index contributed by atoms with van der Waals surface area (Å²) in [6, 6.07) is 3.06. The van der Waals surface area contributed by atoms with Crippen LogP contribution in [0.4, 0.5) is 10.6 Å². The van der Waals surface area contributed by atoms with Gasteiger partial charge in [0.25, 0.3) is 0 Å². The normalized spacial score (nSPS) is 9.37. The van der Waals surface area contributed by atoms with Gasteiger partial charge in [-0.3, -0.25) is 5.32 Å². The number of aromatic nitrogens is 1. The Kier molecular flexibility index (Phi) is 5.68. The summed E-state index contributed by atoms with van der Waals surface area (Å²) in [6.45, 7) is 1.93. The minimum absolute atomic E-state index is 0.0526. The fourth-order valence-corrected chi connectivity index (χ4v) is 1.30. The quantitative estimate of drug-likeness (QED) is 0.638. The Morgan fingerprint density at radius 1 is 1.42 bits per heavy atom. The van der Waals surface area contributed by atoms with Crippen molar-refractivity contribution in [3.05, 3.63) is 23.9 Å². The number of rotatable bonds is 3. The highest BCUT2D eigenvalue weighted by Gasteiger charge is 2.07. The van der Waals surface area contributed by atoms with E-state index in [4.69, 9.17) is 12.2 Å².